The van der Waals surface area contributed by atoms with Crippen LogP contribution in [-0.4, -0.2) is 24.7 Å². The van der Waals surface area contributed by atoms with Gasteiger partial charge in [-0.25, -0.2) is 0 Å². The predicted octanol–water partition coefficient (Wildman–Crippen LogP) is 1.43. The summed E-state index contributed by atoms with van der Waals surface area (Å²) in [7, 11) is 0. The van der Waals surface area contributed by atoms with Gasteiger partial charge in [-0.15, -0.1) is 0 Å². The smallest absolute Gasteiger partial charge is 0.360 e. The predicted molar refractivity (Wildman–Crippen MR) is 41.2 cm³/mol. The lowest BCUT2D eigenvalue weighted by molar-refractivity contribution is -0.221. The summed E-state index contributed by atoms with van der Waals surface area (Å²) in [6.45, 7) is 0.952. The SMILES string of the molecule is CC(OC1C=NC=CN1)C(F)(F)F. The van der Waals surface area contributed by atoms with Gasteiger partial charge in [0.25, 0.3) is 0 Å². The molecule has 0 aliphatic carbocycles. The molecule has 0 amide bonds. The first-order chi connectivity index (χ1) is 6.00. The highest BCUT2D eigenvalue weighted by molar-refractivity contribution is 5.64. The number of hydrogen-bond donors (Lipinski definition) is 1. The number of aliphatic imine (C=N–C) groups is 1. The Morgan fingerprint density at radius 2 is 2.23 bits per heavy atom. The minimum atomic E-state index is -4.34. The van der Waals surface area contributed by atoms with Crippen molar-refractivity contribution in [3.63, 3.8) is 0 Å². The van der Waals surface area contributed by atoms with Crippen LogP contribution >= 0.6 is 0 Å². The molecule has 3 nitrogen and oxygen atoms in total. The molecule has 0 fully saturated rings. The Bertz CT molecular complexity index is 224. The van der Waals surface area contributed by atoms with Gasteiger partial charge in [0, 0.05) is 12.4 Å². The molecule has 0 saturated heterocycles. The van der Waals surface area contributed by atoms with Gasteiger partial charge in [-0.05, 0) is 6.92 Å². The highest BCUT2D eigenvalue weighted by atomic mass is 19.4. The Kier molecular flexibility index (Phi) is 2.92. The van der Waals surface area contributed by atoms with Crippen molar-refractivity contribution in [3.05, 3.63) is 12.4 Å². The van der Waals surface area contributed by atoms with E-state index in [9.17, 15) is 13.2 Å². The number of rotatable bonds is 2. The summed E-state index contributed by atoms with van der Waals surface area (Å²) in [6, 6.07) is 0. The Balaban J connectivity index is 2.41. The molecule has 1 heterocycles. The van der Waals surface area contributed by atoms with Crippen LogP contribution in [0.3, 0.4) is 0 Å². The fourth-order valence-corrected chi connectivity index (χ4v) is 0.723. The summed E-state index contributed by atoms with van der Waals surface area (Å²) in [4.78, 5) is 3.63. The lowest BCUT2D eigenvalue weighted by atomic mass is 10.4. The molecule has 0 radical (unpaired) electrons. The van der Waals surface area contributed by atoms with Crippen molar-refractivity contribution in [3.8, 4) is 0 Å². The lowest BCUT2D eigenvalue weighted by Crippen LogP contribution is -2.39. The minimum absolute atomic E-state index is 0.804. The molecule has 2 unspecified atom stereocenters. The molecule has 74 valence electrons. The van der Waals surface area contributed by atoms with Crippen LogP contribution in [0.5, 0.6) is 0 Å². The first-order valence-corrected chi connectivity index (χ1v) is 3.66. The van der Waals surface area contributed by atoms with E-state index in [4.69, 9.17) is 0 Å². The zero-order valence-electron chi connectivity index (χ0n) is 6.88. The average molecular weight is 194 g/mol. The van der Waals surface area contributed by atoms with E-state index in [2.05, 4.69) is 15.0 Å². The van der Waals surface area contributed by atoms with E-state index in [0.717, 1.165) is 6.92 Å². The third-order valence-electron chi connectivity index (χ3n) is 1.45. The van der Waals surface area contributed by atoms with Crippen LogP contribution in [-0.2, 0) is 4.74 Å². The third kappa shape index (κ3) is 3.06. The number of alkyl halides is 3. The molecule has 0 aromatic heterocycles. The van der Waals surface area contributed by atoms with E-state index < -0.39 is 18.5 Å². The van der Waals surface area contributed by atoms with Crippen molar-refractivity contribution in [1.82, 2.24) is 5.32 Å². The van der Waals surface area contributed by atoms with Gasteiger partial charge < -0.3 is 10.1 Å². The van der Waals surface area contributed by atoms with Gasteiger partial charge in [0.05, 0.1) is 6.21 Å². The topological polar surface area (TPSA) is 33.6 Å². The molecule has 0 saturated carbocycles. The van der Waals surface area contributed by atoms with Crippen LogP contribution in [0.2, 0.25) is 0 Å². The standard InChI is InChI=1S/C7H9F3N2O/c1-5(7(8,9)10)13-6-4-11-2-3-12-6/h2-6,12H,1H3. The number of nitrogens with one attached hydrogen (secondary N) is 1. The highest BCUT2D eigenvalue weighted by Gasteiger charge is 2.38. The molecule has 0 aromatic carbocycles. The highest BCUT2D eigenvalue weighted by Crippen LogP contribution is 2.22. The summed E-state index contributed by atoms with van der Waals surface area (Å²) < 4.78 is 40.6. The van der Waals surface area contributed by atoms with Crippen LogP contribution in [0.15, 0.2) is 17.4 Å². The van der Waals surface area contributed by atoms with Crippen molar-refractivity contribution >= 4 is 6.21 Å². The Hall–Kier alpha value is -1.04. The normalized spacial score (nSPS) is 24.2. The fourth-order valence-electron chi connectivity index (χ4n) is 0.723. The molecule has 0 bridgehead atoms. The monoisotopic (exact) mass is 194 g/mol. The van der Waals surface area contributed by atoms with Crippen LogP contribution in [0, 0.1) is 0 Å². The molecular formula is C7H9F3N2O. The van der Waals surface area contributed by atoms with E-state index in [1.54, 1.807) is 0 Å². The number of ether oxygens (including phenoxy) is 1. The molecule has 1 N–H and O–H groups in total. The molecule has 0 spiro atoms. The Morgan fingerprint density at radius 1 is 1.54 bits per heavy atom. The Morgan fingerprint density at radius 3 is 2.69 bits per heavy atom. The quantitative estimate of drug-likeness (QED) is 0.721. The summed E-state index contributed by atoms with van der Waals surface area (Å²) in [5, 5.41) is 2.57. The summed E-state index contributed by atoms with van der Waals surface area (Å²) in [6.07, 6.45) is -2.82. The van der Waals surface area contributed by atoms with Crippen molar-refractivity contribution in [2.45, 2.75) is 25.4 Å². The fraction of sp³-hybridized carbons (Fsp3) is 0.571. The van der Waals surface area contributed by atoms with E-state index >= 15 is 0 Å². The number of nitrogens with zero attached hydrogens (tertiary/aromatic N) is 1. The second kappa shape index (κ2) is 3.78. The third-order valence-corrected chi connectivity index (χ3v) is 1.45. The molecule has 0 aromatic rings. The van der Waals surface area contributed by atoms with Crippen molar-refractivity contribution in [2.24, 2.45) is 4.99 Å². The zero-order valence-corrected chi connectivity index (χ0v) is 6.88. The second-order valence-corrected chi connectivity index (χ2v) is 2.52. The first-order valence-electron chi connectivity index (χ1n) is 3.66. The van der Waals surface area contributed by atoms with E-state index in [1.165, 1.54) is 18.6 Å². The number of halogens is 3. The lowest BCUT2D eigenvalue weighted by Gasteiger charge is -2.22. The van der Waals surface area contributed by atoms with Gasteiger partial charge in [-0.3, -0.25) is 4.99 Å². The molecule has 2 atom stereocenters. The van der Waals surface area contributed by atoms with Crippen LogP contribution < -0.4 is 5.32 Å². The summed E-state index contributed by atoms with van der Waals surface area (Å²) in [5.41, 5.74) is 0. The van der Waals surface area contributed by atoms with Gasteiger partial charge in [0.1, 0.15) is 0 Å². The zero-order chi connectivity index (χ0) is 9.90. The molecule has 13 heavy (non-hydrogen) atoms. The van der Waals surface area contributed by atoms with Gasteiger partial charge in [0.2, 0.25) is 0 Å². The summed E-state index contributed by atoms with van der Waals surface area (Å²) >= 11 is 0. The van der Waals surface area contributed by atoms with Crippen molar-refractivity contribution in [2.75, 3.05) is 0 Å². The van der Waals surface area contributed by atoms with Gasteiger partial charge in [-0.1, -0.05) is 0 Å². The Labute approximate surface area is 73.3 Å². The average Bonchev–Trinajstić information content (AvgIpc) is 2.04. The van der Waals surface area contributed by atoms with Gasteiger partial charge in [0.15, 0.2) is 12.3 Å². The van der Waals surface area contributed by atoms with E-state index in [0.29, 0.717) is 0 Å². The van der Waals surface area contributed by atoms with Crippen LogP contribution in [0.25, 0.3) is 0 Å². The molecule has 1 aliphatic heterocycles. The van der Waals surface area contributed by atoms with Crippen molar-refractivity contribution in [1.29, 1.82) is 0 Å². The molecule has 1 rings (SSSR count). The maximum atomic E-state index is 12.0. The van der Waals surface area contributed by atoms with Crippen LogP contribution in [0.4, 0.5) is 13.2 Å². The van der Waals surface area contributed by atoms with Gasteiger partial charge >= 0.3 is 6.18 Å². The van der Waals surface area contributed by atoms with Gasteiger partial charge in [-0.2, -0.15) is 13.2 Å². The maximum absolute atomic E-state index is 12.0. The minimum Gasteiger partial charge on any atom is -0.360 e. The molecular weight excluding hydrogens is 185 g/mol. The first kappa shape index (κ1) is 10.0. The van der Waals surface area contributed by atoms with Crippen LogP contribution in [0.1, 0.15) is 6.92 Å². The summed E-state index contributed by atoms with van der Waals surface area (Å²) in [5.74, 6) is 0. The molecule has 6 heteroatoms. The second-order valence-electron chi connectivity index (χ2n) is 2.52. The number of hydrogen-bond acceptors (Lipinski definition) is 3. The largest absolute Gasteiger partial charge is 0.414 e. The maximum Gasteiger partial charge on any atom is 0.414 e. The van der Waals surface area contributed by atoms with Crippen molar-refractivity contribution < 1.29 is 17.9 Å². The molecule has 1 aliphatic rings. The van der Waals surface area contributed by atoms with E-state index in [1.807, 2.05) is 0 Å². The van der Waals surface area contributed by atoms with E-state index in [-0.39, 0.29) is 0 Å².